The predicted octanol–water partition coefficient (Wildman–Crippen LogP) is 4.16. The van der Waals surface area contributed by atoms with Crippen LogP contribution in [0.25, 0.3) is 11.4 Å². The number of aromatic nitrogens is 4. The third kappa shape index (κ3) is 4.17. The number of alkyl halides is 3. The number of hydrogen-bond acceptors (Lipinski definition) is 6. The molecule has 2 aromatic heterocycles. The number of fused-ring (bicyclic) bond motifs is 3. The molecule has 0 N–H and O–H groups in total. The summed E-state index contributed by atoms with van der Waals surface area (Å²) in [6.45, 7) is 0.436. The monoisotopic (exact) mass is 473 g/mol. The number of hydrogen-bond donors (Lipinski definition) is 0. The quantitative estimate of drug-likeness (QED) is 0.530. The fraction of sp³-hybridized carbons (Fsp3) is 0.348. The van der Waals surface area contributed by atoms with Gasteiger partial charge in [-0.05, 0) is 37.3 Å². The molecule has 3 fully saturated rings. The number of benzene rings is 1. The van der Waals surface area contributed by atoms with Gasteiger partial charge in [-0.25, -0.2) is 24.3 Å². The van der Waals surface area contributed by atoms with Gasteiger partial charge in [0.1, 0.15) is 11.9 Å². The average molecular weight is 473 g/mol. The van der Waals surface area contributed by atoms with Crippen molar-refractivity contribution in [3.8, 4) is 17.3 Å². The van der Waals surface area contributed by atoms with Crippen molar-refractivity contribution in [2.24, 2.45) is 5.92 Å². The first-order chi connectivity index (χ1) is 16.3. The van der Waals surface area contributed by atoms with Gasteiger partial charge in [0.25, 0.3) is 5.91 Å². The molecule has 3 aromatic rings. The van der Waals surface area contributed by atoms with Gasteiger partial charge in [-0.2, -0.15) is 13.2 Å². The number of carbonyl (C=O) groups is 1. The molecule has 0 spiro atoms. The van der Waals surface area contributed by atoms with Crippen LogP contribution in [0.5, 0.6) is 5.88 Å². The van der Waals surface area contributed by atoms with Gasteiger partial charge < -0.3 is 9.64 Å². The van der Waals surface area contributed by atoms with Crippen molar-refractivity contribution in [2.45, 2.75) is 37.6 Å². The Kier molecular flexibility index (Phi) is 5.62. The van der Waals surface area contributed by atoms with E-state index < -0.39 is 29.7 Å². The van der Waals surface area contributed by atoms with E-state index in [0.29, 0.717) is 25.6 Å². The van der Waals surface area contributed by atoms with Crippen molar-refractivity contribution in [2.75, 3.05) is 6.54 Å². The summed E-state index contributed by atoms with van der Waals surface area (Å²) in [6.07, 6.45) is 1.59. The van der Waals surface area contributed by atoms with Crippen molar-refractivity contribution < 1.29 is 27.1 Å². The molecule has 7 nitrogen and oxygen atoms in total. The zero-order chi connectivity index (χ0) is 23.9. The Hall–Kier alpha value is -3.63. The topological polar surface area (TPSA) is 81.1 Å². The first-order valence-electron chi connectivity index (χ1n) is 10.7. The highest BCUT2D eigenvalue weighted by molar-refractivity contribution is 6.00. The molecule has 2 bridgehead atoms. The van der Waals surface area contributed by atoms with Crippen LogP contribution in [-0.4, -0.2) is 49.4 Å². The number of ether oxygens (including phenoxy) is 1. The Bertz CT molecular complexity index is 1190. The number of rotatable bonds is 4. The van der Waals surface area contributed by atoms with Crippen molar-refractivity contribution in [1.82, 2.24) is 24.8 Å². The minimum Gasteiger partial charge on any atom is -0.471 e. The molecule has 11 heteroatoms. The lowest BCUT2D eigenvalue weighted by Crippen LogP contribution is -2.59. The molecule has 1 aromatic carbocycles. The van der Waals surface area contributed by atoms with Gasteiger partial charge in [0, 0.05) is 24.5 Å². The summed E-state index contributed by atoms with van der Waals surface area (Å²) < 4.78 is 59.1. The molecule has 2 saturated heterocycles. The van der Waals surface area contributed by atoms with Gasteiger partial charge in [-0.1, -0.05) is 12.1 Å². The van der Waals surface area contributed by atoms with Gasteiger partial charge in [0.05, 0.1) is 24.0 Å². The van der Waals surface area contributed by atoms with E-state index in [0.717, 1.165) is 12.6 Å². The molecular formula is C23H19F4N5O2. The van der Waals surface area contributed by atoms with Gasteiger partial charge in [0.2, 0.25) is 5.88 Å². The molecule has 1 amide bonds. The van der Waals surface area contributed by atoms with Crippen LogP contribution < -0.4 is 4.74 Å². The molecule has 4 heterocycles. The first kappa shape index (κ1) is 22.2. The Balaban J connectivity index is 1.41. The van der Waals surface area contributed by atoms with E-state index in [4.69, 9.17) is 4.74 Å². The summed E-state index contributed by atoms with van der Waals surface area (Å²) in [7, 11) is 0. The van der Waals surface area contributed by atoms with E-state index in [9.17, 15) is 22.4 Å². The summed E-state index contributed by atoms with van der Waals surface area (Å²) >= 11 is 0. The van der Waals surface area contributed by atoms with E-state index in [1.165, 1.54) is 24.5 Å². The number of halogens is 4. The number of carbonyl (C=O) groups excluding carboxylic acids is 1. The summed E-state index contributed by atoms with van der Waals surface area (Å²) in [4.78, 5) is 30.6. The second-order valence-electron chi connectivity index (χ2n) is 8.33. The second-order valence-corrected chi connectivity index (χ2v) is 8.33. The van der Waals surface area contributed by atoms with Gasteiger partial charge in [0.15, 0.2) is 11.5 Å². The maximum atomic E-state index is 14.9. The smallest absolute Gasteiger partial charge is 0.434 e. The highest BCUT2D eigenvalue weighted by atomic mass is 19.4. The first-order valence-corrected chi connectivity index (χ1v) is 10.7. The van der Waals surface area contributed by atoms with Crippen LogP contribution in [0.1, 0.15) is 35.3 Å². The Morgan fingerprint density at radius 1 is 1.03 bits per heavy atom. The number of piperidine rings is 2. The van der Waals surface area contributed by atoms with Crippen molar-refractivity contribution >= 4 is 5.91 Å². The fourth-order valence-corrected chi connectivity index (χ4v) is 4.68. The number of amides is 1. The zero-order valence-electron chi connectivity index (χ0n) is 17.7. The largest absolute Gasteiger partial charge is 0.471 e. The zero-order valence-corrected chi connectivity index (χ0v) is 17.7. The molecule has 1 saturated carbocycles. The SMILES string of the molecule is O=C(c1c(F)cccc1-c1ncccn1)N1C[C@@H]2CC[C@H]1[C@H](Oc1cnc(C(F)(F)F)cn1)C2. The predicted molar refractivity (Wildman–Crippen MR) is 111 cm³/mol. The lowest BCUT2D eigenvalue weighted by atomic mass is 9.77. The average Bonchev–Trinajstić information content (AvgIpc) is 2.84. The van der Waals surface area contributed by atoms with Gasteiger partial charge >= 0.3 is 6.18 Å². The van der Waals surface area contributed by atoms with Crippen molar-refractivity contribution in [3.63, 3.8) is 0 Å². The van der Waals surface area contributed by atoms with Crippen LogP contribution in [0.2, 0.25) is 0 Å². The Morgan fingerprint density at radius 3 is 2.50 bits per heavy atom. The van der Waals surface area contributed by atoms with E-state index in [-0.39, 0.29) is 34.8 Å². The molecule has 3 atom stereocenters. The van der Waals surface area contributed by atoms with Crippen LogP contribution in [0.4, 0.5) is 17.6 Å². The van der Waals surface area contributed by atoms with Crippen LogP contribution in [0.15, 0.2) is 49.1 Å². The highest BCUT2D eigenvalue weighted by Gasteiger charge is 2.45. The maximum Gasteiger partial charge on any atom is 0.434 e. The summed E-state index contributed by atoms with van der Waals surface area (Å²) in [6, 6.07) is 5.55. The molecule has 3 aliphatic rings. The third-order valence-electron chi connectivity index (χ3n) is 6.21. The van der Waals surface area contributed by atoms with Crippen LogP contribution >= 0.6 is 0 Å². The van der Waals surface area contributed by atoms with E-state index in [1.54, 1.807) is 17.0 Å². The van der Waals surface area contributed by atoms with Crippen molar-refractivity contribution in [3.05, 3.63) is 66.1 Å². The normalized spacial score (nSPS) is 22.0. The lowest BCUT2D eigenvalue weighted by Gasteiger charge is -2.49. The molecule has 0 unspecified atom stereocenters. The van der Waals surface area contributed by atoms with E-state index in [2.05, 4.69) is 19.9 Å². The summed E-state index contributed by atoms with van der Waals surface area (Å²) in [5.74, 6) is -0.878. The Morgan fingerprint density at radius 2 is 1.82 bits per heavy atom. The Labute approximate surface area is 191 Å². The lowest BCUT2D eigenvalue weighted by molar-refractivity contribution is -0.141. The summed E-state index contributed by atoms with van der Waals surface area (Å²) in [5, 5.41) is 0. The van der Waals surface area contributed by atoms with Crippen LogP contribution in [-0.2, 0) is 6.18 Å². The fourth-order valence-electron chi connectivity index (χ4n) is 4.68. The minimum atomic E-state index is -4.60. The third-order valence-corrected chi connectivity index (χ3v) is 6.21. The number of nitrogens with zero attached hydrogens (tertiary/aromatic N) is 5. The summed E-state index contributed by atoms with van der Waals surface area (Å²) in [5.41, 5.74) is -0.940. The van der Waals surface area contributed by atoms with Gasteiger partial charge in [-0.3, -0.25) is 4.79 Å². The highest BCUT2D eigenvalue weighted by Crippen LogP contribution is 2.39. The molecular weight excluding hydrogens is 454 g/mol. The van der Waals surface area contributed by atoms with Crippen molar-refractivity contribution in [1.29, 1.82) is 0 Å². The molecule has 0 radical (unpaired) electrons. The standard InChI is InChI=1S/C23H19F4N5O2/c24-15-4-1-3-14(21-28-7-2-8-29-21)20(15)22(33)32-12-13-5-6-16(32)17(9-13)34-19-11-30-18(10-31-19)23(25,26)27/h1-4,7-8,10-11,13,16-17H,5-6,9,12H2/t13-,16+,17-/m1/s1. The minimum absolute atomic E-state index is 0.0535. The van der Waals surface area contributed by atoms with Gasteiger partial charge in [-0.15, -0.1) is 0 Å². The molecule has 176 valence electrons. The van der Waals surface area contributed by atoms with E-state index in [1.807, 2.05) is 0 Å². The maximum absolute atomic E-state index is 14.9. The van der Waals surface area contributed by atoms with E-state index >= 15 is 0 Å². The molecule has 6 rings (SSSR count). The molecule has 2 aliphatic heterocycles. The van der Waals surface area contributed by atoms with Crippen LogP contribution in [0, 0.1) is 11.7 Å². The molecule has 34 heavy (non-hydrogen) atoms. The van der Waals surface area contributed by atoms with Crippen LogP contribution in [0.3, 0.4) is 0 Å². The molecule has 1 aliphatic carbocycles. The second kappa shape index (κ2) is 8.62.